The monoisotopic (exact) mass is 336 g/mol. The minimum atomic E-state index is 0.264. The van der Waals surface area contributed by atoms with Crippen molar-refractivity contribution in [2.45, 2.75) is 38.1 Å². The number of nitrogens with two attached hydrogens (primary N) is 1. The number of benzene rings is 1. The summed E-state index contributed by atoms with van der Waals surface area (Å²) >= 11 is 0. The van der Waals surface area contributed by atoms with Crippen LogP contribution < -0.4 is 11.1 Å². The number of nitrogens with one attached hydrogen (secondary N) is 1. The molecule has 6 heteroatoms. The van der Waals surface area contributed by atoms with Gasteiger partial charge in [0.2, 0.25) is 5.95 Å². The van der Waals surface area contributed by atoms with Crippen molar-refractivity contribution >= 4 is 29.0 Å². The molecule has 0 spiro atoms. The van der Waals surface area contributed by atoms with Crippen molar-refractivity contribution in [2.75, 3.05) is 11.1 Å². The fourth-order valence-corrected chi connectivity index (χ4v) is 3.42. The highest BCUT2D eigenvalue weighted by molar-refractivity contribution is 5.93. The lowest BCUT2D eigenvalue weighted by molar-refractivity contribution is 0.110. The van der Waals surface area contributed by atoms with E-state index in [0.29, 0.717) is 23.8 Å². The van der Waals surface area contributed by atoms with Gasteiger partial charge in [-0.15, -0.1) is 0 Å². The molecule has 128 valence electrons. The van der Waals surface area contributed by atoms with E-state index in [1.165, 1.54) is 19.3 Å². The minimum Gasteiger partial charge on any atom is -0.453 e. The Morgan fingerprint density at radius 2 is 1.96 bits per heavy atom. The molecule has 1 aliphatic carbocycles. The van der Waals surface area contributed by atoms with Gasteiger partial charge >= 0.3 is 0 Å². The van der Waals surface area contributed by atoms with Gasteiger partial charge in [0.05, 0.1) is 5.52 Å². The maximum absolute atomic E-state index is 10.8. The zero-order chi connectivity index (χ0) is 17.2. The molecular formula is C19H20N4O2. The molecule has 0 atom stereocenters. The van der Waals surface area contributed by atoms with Crippen LogP contribution in [0.5, 0.6) is 0 Å². The molecule has 1 aromatic carbocycles. The van der Waals surface area contributed by atoms with Crippen LogP contribution in [0.2, 0.25) is 0 Å². The number of furan rings is 1. The van der Waals surface area contributed by atoms with Crippen molar-refractivity contribution < 1.29 is 9.21 Å². The average molecular weight is 336 g/mol. The van der Waals surface area contributed by atoms with Crippen molar-refractivity contribution in [1.82, 2.24) is 9.97 Å². The summed E-state index contributed by atoms with van der Waals surface area (Å²) in [6, 6.07) is 9.66. The van der Waals surface area contributed by atoms with E-state index >= 15 is 0 Å². The number of carbonyl (C=O) groups excluding carboxylic acids is 1. The van der Waals surface area contributed by atoms with Gasteiger partial charge in [-0.2, -0.15) is 4.98 Å². The van der Waals surface area contributed by atoms with E-state index in [1.54, 1.807) is 12.1 Å². The Kier molecular flexibility index (Phi) is 4.09. The summed E-state index contributed by atoms with van der Waals surface area (Å²) in [5.41, 5.74) is 7.54. The molecular weight excluding hydrogens is 316 g/mol. The van der Waals surface area contributed by atoms with E-state index in [4.69, 9.17) is 10.2 Å². The van der Waals surface area contributed by atoms with Crippen LogP contribution in [0.25, 0.3) is 22.2 Å². The third kappa shape index (κ3) is 3.20. The van der Waals surface area contributed by atoms with Crippen LogP contribution in [-0.2, 0) is 0 Å². The van der Waals surface area contributed by atoms with Crippen LogP contribution in [-0.4, -0.2) is 22.3 Å². The highest BCUT2D eigenvalue weighted by Gasteiger charge is 2.16. The van der Waals surface area contributed by atoms with Gasteiger partial charge in [-0.1, -0.05) is 19.3 Å². The number of carbonyl (C=O) groups is 1. The summed E-state index contributed by atoms with van der Waals surface area (Å²) in [7, 11) is 0. The lowest BCUT2D eigenvalue weighted by Crippen LogP contribution is -2.23. The molecule has 6 nitrogen and oxygen atoms in total. The highest BCUT2D eigenvalue weighted by atomic mass is 16.3. The zero-order valence-corrected chi connectivity index (χ0v) is 13.9. The smallest absolute Gasteiger partial charge is 0.222 e. The number of fused-ring (bicyclic) bond motifs is 1. The van der Waals surface area contributed by atoms with Crippen LogP contribution in [0.15, 0.2) is 34.7 Å². The molecule has 3 aromatic rings. The van der Waals surface area contributed by atoms with Crippen LogP contribution in [0.1, 0.15) is 42.7 Å². The molecule has 3 N–H and O–H groups in total. The van der Waals surface area contributed by atoms with E-state index < -0.39 is 0 Å². The molecule has 0 amide bonds. The SMILES string of the molecule is Nc1nc(NC2CCCCC2)c2cc(-c3ccc(C=O)o3)ccc2n1. The Morgan fingerprint density at radius 1 is 1.12 bits per heavy atom. The van der Waals surface area contributed by atoms with Crippen LogP contribution in [0, 0.1) is 0 Å². The Balaban J connectivity index is 1.75. The van der Waals surface area contributed by atoms with Crippen molar-refractivity contribution in [3.63, 3.8) is 0 Å². The first-order valence-electron chi connectivity index (χ1n) is 8.62. The van der Waals surface area contributed by atoms with Gasteiger partial charge in [-0.3, -0.25) is 4.79 Å². The number of aldehydes is 1. The van der Waals surface area contributed by atoms with Gasteiger partial charge in [0.15, 0.2) is 12.0 Å². The Bertz CT molecular complexity index is 913. The summed E-state index contributed by atoms with van der Waals surface area (Å²) < 4.78 is 5.53. The van der Waals surface area contributed by atoms with Crippen molar-refractivity contribution in [2.24, 2.45) is 0 Å². The van der Waals surface area contributed by atoms with Gasteiger partial charge in [-0.05, 0) is 43.2 Å². The zero-order valence-electron chi connectivity index (χ0n) is 13.9. The Labute approximate surface area is 145 Å². The van der Waals surface area contributed by atoms with Crippen LogP contribution in [0.3, 0.4) is 0 Å². The van der Waals surface area contributed by atoms with Gasteiger partial charge in [0.25, 0.3) is 0 Å². The summed E-state index contributed by atoms with van der Waals surface area (Å²) in [6.07, 6.45) is 6.76. The number of hydrogen-bond acceptors (Lipinski definition) is 6. The second-order valence-electron chi connectivity index (χ2n) is 6.46. The quantitative estimate of drug-likeness (QED) is 0.699. The largest absolute Gasteiger partial charge is 0.453 e. The predicted molar refractivity (Wildman–Crippen MR) is 97.5 cm³/mol. The Hall–Kier alpha value is -2.89. The number of aromatic nitrogens is 2. The van der Waals surface area contributed by atoms with E-state index in [2.05, 4.69) is 15.3 Å². The van der Waals surface area contributed by atoms with Crippen LogP contribution in [0.4, 0.5) is 11.8 Å². The fraction of sp³-hybridized carbons (Fsp3) is 0.316. The molecule has 1 saturated carbocycles. The summed E-state index contributed by atoms with van der Waals surface area (Å²) in [6.45, 7) is 0. The Morgan fingerprint density at radius 3 is 2.72 bits per heavy atom. The minimum absolute atomic E-state index is 0.264. The number of nitrogens with zero attached hydrogens (tertiary/aromatic N) is 2. The van der Waals surface area contributed by atoms with E-state index in [9.17, 15) is 4.79 Å². The molecule has 25 heavy (non-hydrogen) atoms. The van der Waals surface area contributed by atoms with Gasteiger partial charge < -0.3 is 15.5 Å². The number of hydrogen-bond donors (Lipinski definition) is 2. The number of rotatable bonds is 4. The topological polar surface area (TPSA) is 94.0 Å². The lowest BCUT2D eigenvalue weighted by atomic mass is 9.95. The summed E-state index contributed by atoms with van der Waals surface area (Å²) in [4.78, 5) is 19.6. The standard InChI is InChI=1S/C19H20N4O2/c20-19-22-16-8-6-12(17-9-7-14(11-24)25-17)10-15(16)18(23-19)21-13-4-2-1-3-5-13/h6-11,13H,1-5H2,(H3,20,21,22,23). The second-order valence-corrected chi connectivity index (χ2v) is 6.46. The fourth-order valence-electron chi connectivity index (χ4n) is 3.42. The third-order valence-corrected chi connectivity index (χ3v) is 4.69. The van der Waals surface area contributed by atoms with Crippen molar-refractivity contribution in [1.29, 1.82) is 0 Å². The van der Waals surface area contributed by atoms with Gasteiger partial charge in [0, 0.05) is 17.0 Å². The first-order valence-corrected chi connectivity index (χ1v) is 8.62. The average Bonchev–Trinajstić information content (AvgIpc) is 3.11. The molecule has 2 aromatic heterocycles. The molecule has 0 bridgehead atoms. The van der Waals surface area contributed by atoms with Gasteiger partial charge in [-0.25, -0.2) is 4.98 Å². The van der Waals surface area contributed by atoms with E-state index in [-0.39, 0.29) is 5.95 Å². The molecule has 1 fully saturated rings. The molecule has 0 unspecified atom stereocenters. The number of anilines is 2. The van der Waals surface area contributed by atoms with Crippen molar-refractivity contribution in [3.05, 3.63) is 36.1 Å². The summed E-state index contributed by atoms with van der Waals surface area (Å²) in [5.74, 6) is 1.98. The molecule has 2 heterocycles. The second kappa shape index (κ2) is 6.55. The number of nitrogen functional groups attached to an aromatic ring is 1. The van der Waals surface area contributed by atoms with Crippen LogP contribution >= 0.6 is 0 Å². The lowest BCUT2D eigenvalue weighted by Gasteiger charge is -2.24. The maximum Gasteiger partial charge on any atom is 0.222 e. The maximum atomic E-state index is 10.8. The first kappa shape index (κ1) is 15.6. The molecule has 4 rings (SSSR count). The predicted octanol–water partition coefficient (Wildman–Crippen LogP) is 4.03. The highest BCUT2D eigenvalue weighted by Crippen LogP contribution is 2.30. The molecule has 0 saturated heterocycles. The van der Waals surface area contributed by atoms with Crippen molar-refractivity contribution in [3.8, 4) is 11.3 Å². The van der Waals surface area contributed by atoms with E-state index in [1.807, 2.05) is 18.2 Å². The van der Waals surface area contributed by atoms with E-state index in [0.717, 1.165) is 35.1 Å². The normalized spacial score (nSPS) is 15.4. The molecule has 1 aliphatic rings. The van der Waals surface area contributed by atoms with Gasteiger partial charge in [0.1, 0.15) is 11.6 Å². The molecule has 0 radical (unpaired) electrons. The first-order chi connectivity index (χ1) is 12.2. The molecule has 0 aliphatic heterocycles. The summed E-state index contributed by atoms with van der Waals surface area (Å²) in [5, 5.41) is 4.45. The third-order valence-electron chi connectivity index (χ3n) is 4.69.